The molecule has 1 rings (SSSR count). The number of hydrogen-bond acceptors (Lipinski definition) is 1. The van der Waals surface area contributed by atoms with E-state index < -0.39 is 0 Å². The lowest BCUT2D eigenvalue weighted by Crippen LogP contribution is -2.10. The van der Waals surface area contributed by atoms with E-state index in [0.29, 0.717) is 5.56 Å². The standard InChI is InChI=1S/C7H7FN2.3CH3.Al/c8-6-3-1-5(2-4-6)7(9)10;;;;/h1-4H,(H3,9,10);3*1H3;. The van der Waals surface area contributed by atoms with E-state index >= 15 is 0 Å². The number of halogens is 1. The molecule has 0 amide bonds. The van der Waals surface area contributed by atoms with Crippen molar-refractivity contribution in [2.24, 2.45) is 5.73 Å². The molecule has 2 nitrogen and oxygen atoms in total. The normalized spacial score (nSPS) is 8.57. The molecule has 0 radical (unpaired) electrons. The van der Waals surface area contributed by atoms with Crippen LogP contribution in [-0.2, 0) is 0 Å². The second-order valence-electron chi connectivity index (χ2n) is 3.65. The molecule has 0 aromatic heterocycles. The average molecular weight is 210 g/mol. The van der Waals surface area contributed by atoms with Gasteiger partial charge in [-0.25, -0.2) is 4.39 Å². The molecule has 0 bridgehead atoms. The van der Waals surface area contributed by atoms with Crippen molar-refractivity contribution in [2.45, 2.75) is 17.4 Å². The average Bonchev–Trinajstić information content (AvgIpc) is 2.03. The highest BCUT2D eigenvalue weighted by Gasteiger charge is 1.93. The van der Waals surface area contributed by atoms with E-state index in [1.165, 1.54) is 24.3 Å². The fraction of sp³-hybridized carbons (Fsp3) is 0.300. The van der Waals surface area contributed by atoms with Crippen molar-refractivity contribution in [3.8, 4) is 0 Å². The molecule has 0 fully saturated rings. The van der Waals surface area contributed by atoms with Crippen LogP contribution >= 0.6 is 0 Å². The Kier molecular flexibility index (Phi) is 6.18. The lowest BCUT2D eigenvalue weighted by Gasteiger charge is -1.94. The Morgan fingerprint density at radius 2 is 1.57 bits per heavy atom. The molecular weight excluding hydrogens is 194 g/mol. The van der Waals surface area contributed by atoms with Gasteiger partial charge in [0.05, 0.1) is 0 Å². The van der Waals surface area contributed by atoms with Gasteiger partial charge in [-0.05, 0) is 24.3 Å². The monoisotopic (exact) mass is 210 g/mol. The van der Waals surface area contributed by atoms with E-state index in [1.807, 2.05) is 0 Å². The molecule has 0 unspecified atom stereocenters. The highest BCUT2D eigenvalue weighted by molar-refractivity contribution is 6.54. The summed E-state index contributed by atoms with van der Waals surface area (Å²) in [6.07, 6.45) is 0. The van der Waals surface area contributed by atoms with Gasteiger partial charge in [0.2, 0.25) is 0 Å². The maximum atomic E-state index is 12.2. The Labute approximate surface area is 88.8 Å². The van der Waals surface area contributed by atoms with Crippen molar-refractivity contribution < 1.29 is 4.39 Å². The van der Waals surface area contributed by atoms with Crippen molar-refractivity contribution in [3.05, 3.63) is 35.6 Å². The van der Waals surface area contributed by atoms with Crippen LogP contribution in [0.1, 0.15) is 5.56 Å². The molecule has 14 heavy (non-hydrogen) atoms. The van der Waals surface area contributed by atoms with Gasteiger partial charge in [-0.15, -0.1) is 17.4 Å². The minimum Gasteiger partial charge on any atom is -0.384 e. The third-order valence-electron chi connectivity index (χ3n) is 1.16. The van der Waals surface area contributed by atoms with Crippen LogP contribution < -0.4 is 5.73 Å². The molecule has 0 aliphatic rings. The van der Waals surface area contributed by atoms with E-state index in [4.69, 9.17) is 11.1 Å². The molecule has 0 saturated heterocycles. The molecular formula is C10H16AlFN2. The van der Waals surface area contributed by atoms with E-state index in [0.717, 1.165) is 0 Å². The largest absolute Gasteiger partial charge is 0.384 e. The zero-order valence-corrected chi connectivity index (χ0v) is 10.00. The first-order valence-electron chi connectivity index (χ1n) is 4.53. The fourth-order valence-corrected chi connectivity index (χ4v) is 0.629. The van der Waals surface area contributed by atoms with Crippen LogP contribution in [0.3, 0.4) is 0 Å². The summed E-state index contributed by atoms with van der Waals surface area (Å²) in [4.78, 5) is 0. The van der Waals surface area contributed by atoms with Crippen molar-refractivity contribution in [1.29, 1.82) is 5.41 Å². The zero-order chi connectivity index (χ0) is 11.1. The highest BCUT2D eigenvalue weighted by Crippen LogP contribution is 2.00. The number of nitrogens with two attached hydrogens (primary N) is 1. The molecule has 1 aromatic rings. The summed E-state index contributed by atoms with van der Waals surface area (Å²) in [6, 6.07) is 5.49. The molecule has 0 aliphatic carbocycles. The minimum atomic E-state index is -0.315. The maximum absolute atomic E-state index is 12.2. The molecule has 0 spiro atoms. The second kappa shape index (κ2) is 6.58. The molecule has 0 heterocycles. The van der Waals surface area contributed by atoms with Gasteiger partial charge in [0, 0.05) is 5.56 Å². The SMILES string of the molecule is N=C(N)c1ccc(F)cc1.[CH3][Al]([CH3])[CH3]. The highest BCUT2D eigenvalue weighted by atomic mass is 27.2. The number of hydrogen-bond donors (Lipinski definition) is 2. The minimum absolute atomic E-state index is 0.0417. The predicted octanol–water partition coefficient (Wildman–Crippen LogP) is 2.48. The molecule has 4 heteroatoms. The summed E-state index contributed by atoms with van der Waals surface area (Å²) < 4.78 is 12.2. The van der Waals surface area contributed by atoms with Crippen LogP contribution in [0.5, 0.6) is 0 Å². The topological polar surface area (TPSA) is 49.9 Å². The first kappa shape index (κ1) is 13.2. The van der Waals surface area contributed by atoms with E-state index in [9.17, 15) is 4.39 Å². The van der Waals surface area contributed by atoms with Gasteiger partial charge in [-0.1, -0.05) is 0 Å². The molecule has 3 N–H and O–H groups in total. The van der Waals surface area contributed by atoms with Crippen molar-refractivity contribution >= 4 is 20.0 Å². The molecule has 1 aromatic carbocycles. The maximum Gasteiger partial charge on any atom is 0.251 e. The lowest BCUT2D eigenvalue weighted by molar-refractivity contribution is 0.628. The van der Waals surface area contributed by atoms with Crippen molar-refractivity contribution in [3.63, 3.8) is 0 Å². The van der Waals surface area contributed by atoms with Gasteiger partial charge >= 0.3 is 0 Å². The van der Waals surface area contributed by atoms with Crippen LogP contribution in [0.4, 0.5) is 4.39 Å². The Bertz CT molecular complexity index is 280. The number of amidine groups is 1. The van der Waals surface area contributed by atoms with Crippen LogP contribution in [0.25, 0.3) is 0 Å². The van der Waals surface area contributed by atoms with Gasteiger partial charge in [0.15, 0.2) is 0 Å². The number of nitrogens with one attached hydrogen (secondary N) is 1. The smallest absolute Gasteiger partial charge is 0.251 e. The third kappa shape index (κ3) is 6.65. The van der Waals surface area contributed by atoms with Crippen molar-refractivity contribution in [2.75, 3.05) is 0 Å². The Morgan fingerprint density at radius 3 is 1.86 bits per heavy atom. The third-order valence-corrected chi connectivity index (χ3v) is 1.16. The van der Waals surface area contributed by atoms with Crippen molar-refractivity contribution in [1.82, 2.24) is 0 Å². The van der Waals surface area contributed by atoms with Crippen LogP contribution in [0.2, 0.25) is 17.4 Å². The van der Waals surface area contributed by atoms with Gasteiger partial charge in [0.25, 0.3) is 14.1 Å². The van der Waals surface area contributed by atoms with Crippen LogP contribution in [0.15, 0.2) is 24.3 Å². The molecule has 0 aliphatic heterocycles. The predicted molar refractivity (Wildman–Crippen MR) is 60.8 cm³/mol. The summed E-state index contributed by atoms with van der Waals surface area (Å²) in [5, 5.41) is 6.96. The number of rotatable bonds is 1. The first-order chi connectivity index (χ1) is 6.43. The van der Waals surface area contributed by atoms with E-state index in [2.05, 4.69) is 17.4 Å². The van der Waals surface area contributed by atoms with Gasteiger partial charge in [0.1, 0.15) is 11.7 Å². The molecule has 0 saturated carbocycles. The summed E-state index contributed by atoms with van der Waals surface area (Å²) in [5.41, 5.74) is 5.67. The number of benzene rings is 1. The van der Waals surface area contributed by atoms with E-state index in [1.54, 1.807) is 0 Å². The Balaban J connectivity index is 0.000000364. The Hall–Kier alpha value is -0.848. The summed E-state index contributed by atoms with van der Waals surface area (Å²) in [6.45, 7) is 0. The van der Waals surface area contributed by atoms with Gasteiger partial charge in [-0.3, -0.25) is 5.41 Å². The van der Waals surface area contributed by atoms with Gasteiger partial charge < -0.3 is 5.73 Å². The number of nitrogen functional groups attached to an aromatic ring is 1. The lowest BCUT2D eigenvalue weighted by atomic mass is 10.2. The Morgan fingerprint density at radius 1 is 1.21 bits per heavy atom. The summed E-state index contributed by atoms with van der Waals surface area (Å²) in [5.74, 6) is 6.56. The molecule has 0 atom stereocenters. The summed E-state index contributed by atoms with van der Waals surface area (Å²) in [7, 11) is 0. The quantitative estimate of drug-likeness (QED) is 0.417. The first-order valence-corrected chi connectivity index (χ1v) is 8.00. The van der Waals surface area contributed by atoms with Gasteiger partial charge in [-0.2, -0.15) is 0 Å². The summed E-state index contributed by atoms with van der Waals surface area (Å²) >= 11 is -0.139. The van der Waals surface area contributed by atoms with Crippen LogP contribution in [0, 0.1) is 11.2 Å². The fourth-order valence-electron chi connectivity index (χ4n) is 0.629. The molecule has 76 valence electrons. The van der Waals surface area contributed by atoms with E-state index in [-0.39, 0.29) is 25.8 Å². The van der Waals surface area contributed by atoms with Crippen LogP contribution in [-0.4, -0.2) is 20.0 Å². The zero-order valence-electron chi connectivity index (χ0n) is 8.84. The second-order valence-corrected chi connectivity index (χ2v) is 7.12.